The van der Waals surface area contributed by atoms with E-state index in [4.69, 9.17) is 0 Å². The highest BCUT2D eigenvalue weighted by Crippen LogP contribution is 2.74. The maximum atomic E-state index is 2.58. The van der Waals surface area contributed by atoms with Gasteiger partial charge in [0.1, 0.15) is 0 Å². The summed E-state index contributed by atoms with van der Waals surface area (Å²) in [5.41, 5.74) is 7.40. The normalized spacial score (nSPS) is 15.7. The summed E-state index contributed by atoms with van der Waals surface area (Å²) in [4.78, 5) is 13.6. The van der Waals surface area contributed by atoms with Crippen LogP contribution in [-0.4, -0.2) is 0 Å². The Kier molecular flexibility index (Phi) is 6.14. The second-order valence-corrected chi connectivity index (χ2v) is 18.5. The Morgan fingerprint density at radius 3 is 1.02 bits per heavy atom. The van der Waals surface area contributed by atoms with Gasteiger partial charge in [-0.15, -0.1) is 45.3 Å². The summed E-state index contributed by atoms with van der Waals surface area (Å²) in [6, 6.07) is 51.3. The molecular weight excluding hydrogens is 697 g/mol. The Hall–Kier alpha value is -3.62. The lowest BCUT2D eigenvalue weighted by molar-refractivity contribution is 0.391. The molecule has 8 aromatic rings. The van der Waals surface area contributed by atoms with Gasteiger partial charge in [0.05, 0.1) is 10.8 Å². The van der Waals surface area contributed by atoms with Crippen LogP contribution in [-0.2, 0) is 10.8 Å². The highest BCUT2D eigenvalue weighted by molar-refractivity contribution is 7.99. The molecule has 11 rings (SSSR count). The van der Waals surface area contributed by atoms with Crippen LogP contribution in [0.3, 0.4) is 0 Å². The van der Waals surface area contributed by atoms with Crippen LogP contribution in [0.15, 0.2) is 164 Å². The lowest BCUT2D eigenvalue weighted by atomic mass is 9.45. The van der Waals surface area contributed by atoms with E-state index in [0.29, 0.717) is 0 Å². The molecule has 4 aromatic heterocycles. The molecule has 48 heavy (non-hydrogen) atoms. The lowest BCUT2D eigenvalue weighted by Gasteiger charge is -2.58. The largest absolute Gasteiger partial charge is 0.143 e. The fraction of sp³-hybridized carbons (Fsp3) is 0.0476. The molecule has 0 saturated heterocycles. The first-order valence-corrected chi connectivity index (χ1v) is 20.9. The number of rotatable bonds is 2. The van der Waals surface area contributed by atoms with Crippen LogP contribution in [0.5, 0.6) is 0 Å². The average molecular weight is 721 g/mol. The number of thiophene rings is 4. The molecule has 0 fully saturated rings. The minimum atomic E-state index is -0.527. The van der Waals surface area contributed by atoms with Crippen LogP contribution in [0.25, 0.3) is 29.3 Å². The van der Waals surface area contributed by atoms with E-state index in [-0.39, 0.29) is 0 Å². The zero-order chi connectivity index (χ0) is 31.5. The minimum Gasteiger partial charge on any atom is -0.143 e. The SMILES string of the molecule is c1csc(-c2cc3c(s2)-c2sc(-c4cccs4)cc2C2(c4ccccc4Sc4ccccc42)C32c3ccccc3Sc3ccccc32)c1. The second kappa shape index (κ2) is 10.4. The molecule has 0 saturated carbocycles. The van der Waals surface area contributed by atoms with E-state index in [1.807, 2.05) is 68.9 Å². The van der Waals surface area contributed by atoms with Gasteiger partial charge in [-0.2, -0.15) is 0 Å². The van der Waals surface area contributed by atoms with Crippen molar-refractivity contribution in [3.8, 4) is 29.3 Å². The van der Waals surface area contributed by atoms with Crippen LogP contribution in [0.2, 0.25) is 0 Å². The van der Waals surface area contributed by atoms with Crippen molar-refractivity contribution in [3.63, 3.8) is 0 Å². The first-order valence-electron chi connectivity index (χ1n) is 15.9. The second-order valence-electron chi connectivity index (χ2n) is 12.4. The number of hydrogen-bond acceptors (Lipinski definition) is 6. The van der Waals surface area contributed by atoms with Gasteiger partial charge in [0, 0.05) is 48.8 Å². The third-order valence-corrected chi connectivity index (χ3v) is 17.0. The Balaban J connectivity index is 1.43. The van der Waals surface area contributed by atoms with E-state index in [9.17, 15) is 0 Å². The van der Waals surface area contributed by atoms with Crippen LogP contribution in [0.4, 0.5) is 0 Å². The van der Waals surface area contributed by atoms with Crippen LogP contribution >= 0.6 is 68.9 Å². The highest BCUT2D eigenvalue weighted by atomic mass is 32.2. The van der Waals surface area contributed by atoms with Gasteiger partial charge in [-0.3, -0.25) is 0 Å². The molecule has 0 radical (unpaired) electrons. The van der Waals surface area contributed by atoms with Crippen LogP contribution in [0, 0.1) is 0 Å². The van der Waals surface area contributed by atoms with Gasteiger partial charge in [0.2, 0.25) is 0 Å². The van der Waals surface area contributed by atoms with Gasteiger partial charge in [0.25, 0.3) is 0 Å². The molecular formula is C42H24S6. The van der Waals surface area contributed by atoms with Gasteiger partial charge < -0.3 is 0 Å². The number of benzene rings is 4. The molecule has 6 heterocycles. The van der Waals surface area contributed by atoms with Crippen molar-refractivity contribution in [3.05, 3.63) is 178 Å². The molecule has 0 unspecified atom stereocenters. The summed E-state index contributed by atoms with van der Waals surface area (Å²) in [6.45, 7) is 0. The molecule has 0 bridgehead atoms. The van der Waals surface area contributed by atoms with E-state index in [2.05, 4.69) is 144 Å². The van der Waals surface area contributed by atoms with Gasteiger partial charge in [-0.1, -0.05) is 108 Å². The van der Waals surface area contributed by atoms with Crippen molar-refractivity contribution in [2.75, 3.05) is 0 Å². The van der Waals surface area contributed by atoms with Crippen molar-refractivity contribution in [1.29, 1.82) is 0 Å². The zero-order valence-electron chi connectivity index (χ0n) is 25.3. The first kappa shape index (κ1) is 28.2. The number of fused-ring (bicyclic) bond motifs is 14. The zero-order valence-corrected chi connectivity index (χ0v) is 30.2. The Labute approximate surface area is 303 Å². The number of hydrogen-bond donors (Lipinski definition) is 0. The standard InChI is InChI=1S/C42H24S6/c1-5-15-31-25(11-1)41(26-12-2-6-16-32(26)45-31)29-23-37(35-19-9-21-43-35)47-39(29)40-30(24-38(48-40)36-20-10-22-44-36)42(41)27-13-3-7-17-33(27)46-34-18-8-4-14-28(34)42/h1-24H. The summed E-state index contributed by atoms with van der Waals surface area (Å²) < 4.78 is 0. The van der Waals surface area contributed by atoms with Crippen LogP contribution in [0.1, 0.15) is 33.4 Å². The predicted molar refractivity (Wildman–Crippen MR) is 208 cm³/mol. The Bertz CT molecular complexity index is 2260. The lowest BCUT2D eigenvalue weighted by Crippen LogP contribution is -2.56. The van der Waals surface area contributed by atoms with Crippen LogP contribution < -0.4 is 0 Å². The van der Waals surface area contributed by atoms with Gasteiger partial charge in [-0.05, 0) is 92.7 Å². The molecule has 6 heteroatoms. The molecule has 4 aromatic carbocycles. The quantitative estimate of drug-likeness (QED) is 0.174. The molecule has 0 amide bonds. The van der Waals surface area contributed by atoms with Gasteiger partial charge in [-0.25, -0.2) is 0 Å². The molecule has 2 aliphatic heterocycles. The van der Waals surface area contributed by atoms with Crippen molar-refractivity contribution < 1.29 is 0 Å². The summed E-state index contributed by atoms with van der Waals surface area (Å²) in [5.74, 6) is 0. The maximum Gasteiger partial charge on any atom is 0.0667 e. The van der Waals surface area contributed by atoms with Crippen molar-refractivity contribution in [2.45, 2.75) is 30.4 Å². The smallest absolute Gasteiger partial charge is 0.0667 e. The summed E-state index contributed by atoms with van der Waals surface area (Å²) in [6.07, 6.45) is 0. The maximum absolute atomic E-state index is 2.58. The van der Waals surface area contributed by atoms with E-state index < -0.39 is 10.8 Å². The summed E-state index contributed by atoms with van der Waals surface area (Å²) >= 11 is 11.5. The van der Waals surface area contributed by atoms with Gasteiger partial charge >= 0.3 is 0 Å². The van der Waals surface area contributed by atoms with Crippen molar-refractivity contribution in [1.82, 2.24) is 0 Å². The molecule has 0 N–H and O–H groups in total. The molecule has 1 aliphatic carbocycles. The highest BCUT2D eigenvalue weighted by Gasteiger charge is 2.66. The monoisotopic (exact) mass is 720 g/mol. The average Bonchev–Trinajstić information content (AvgIpc) is 3.96. The third-order valence-electron chi connectivity index (χ3n) is 10.2. The summed E-state index contributed by atoms with van der Waals surface area (Å²) in [5, 5.41) is 4.42. The van der Waals surface area contributed by atoms with E-state index in [1.54, 1.807) is 0 Å². The fourth-order valence-corrected chi connectivity index (χ4v) is 15.2. The summed E-state index contributed by atoms with van der Waals surface area (Å²) in [7, 11) is 0. The van der Waals surface area contributed by atoms with E-state index >= 15 is 0 Å². The topological polar surface area (TPSA) is 0 Å². The van der Waals surface area contributed by atoms with Gasteiger partial charge in [0.15, 0.2) is 0 Å². The molecule has 2 spiro atoms. The predicted octanol–water partition coefficient (Wildman–Crippen LogP) is 13.5. The molecule has 0 atom stereocenters. The van der Waals surface area contributed by atoms with E-state index in [0.717, 1.165) is 0 Å². The molecule has 228 valence electrons. The van der Waals surface area contributed by atoms with Crippen molar-refractivity contribution in [2.24, 2.45) is 0 Å². The fourth-order valence-electron chi connectivity index (χ4n) is 8.54. The molecule has 3 aliphatic rings. The Morgan fingerprint density at radius 1 is 0.333 bits per heavy atom. The first-order chi connectivity index (χ1) is 23.8. The van der Waals surface area contributed by atoms with E-state index in [1.165, 1.54) is 82.2 Å². The third kappa shape index (κ3) is 3.53. The minimum absolute atomic E-state index is 0.527. The van der Waals surface area contributed by atoms with Crippen molar-refractivity contribution >= 4 is 68.9 Å². The molecule has 0 nitrogen and oxygen atoms in total. The Morgan fingerprint density at radius 2 is 0.688 bits per heavy atom.